The van der Waals surface area contributed by atoms with Crippen LogP contribution >= 0.6 is 0 Å². The highest BCUT2D eigenvalue weighted by molar-refractivity contribution is 5.82. The lowest BCUT2D eigenvalue weighted by Gasteiger charge is -2.16. The average molecular weight is 249 g/mol. The minimum Gasteiger partial charge on any atom is -0.459 e. The first-order valence-corrected chi connectivity index (χ1v) is 6.38. The van der Waals surface area contributed by atoms with Crippen molar-refractivity contribution in [1.82, 2.24) is 5.32 Å². The van der Waals surface area contributed by atoms with E-state index in [1.54, 1.807) is 12.1 Å². The van der Waals surface area contributed by atoms with Crippen molar-refractivity contribution < 1.29 is 8.81 Å². The van der Waals surface area contributed by atoms with Crippen LogP contribution in [0.1, 0.15) is 37.6 Å². The molecule has 98 valence electrons. The van der Waals surface area contributed by atoms with Crippen LogP contribution < -0.4 is 5.32 Å². The van der Waals surface area contributed by atoms with E-state index in [0.29, 0.717) is 5.92 Å². The second-order valence-corrected chi connectivity index (χ2v) is 5.20. The van der Waals surface area contributed by atoms with E-state index >= 15 is 0 Å². The van der Waals surface area contributed by atoms with Gasteiger partial charge in [0.05, 0.1) is 6.04 Å². The summed E-state index contributed by atoms with van der Waals surface area (Å²) in [6.07, 6.45) is 1.000. The lowest BCUT2D eigenvalue weighted by Crippen LogP contribution is -2.18. The fourth-order valence-electron chi connectivity index (χ4n) is 2.37. The van der Waals surface area contributed by atoms with Crippen LogP contribution in [0.3, 0.4) is 0 Å². The maximum absolute atomic E-state index is 13.3. The zero-order chi connectivity index (χ0) is 13.3. The molecule has 0 aliphatic heterocycles. The number of benzene rings is 1. The van der Waals surface area contributed by atoms with Crippen molar-refractivity contribution in [3.8, 4) is 0 Å². The van der Waals surface area contributed by atoms with Crippen molar-refractivity contribution in [1.29, 1.82) is 0 Å². The third kappa shape index (κ3) is 2.41. The summed E-state index contributed by atoms with van der Waals surface area (Å²) in [5.74, 6) is 1.28. The first-order valence-electron chi connectivity index (χ1n) is 6.38. The highest BCUT2D eigenvalue weighted by Crippen LogP contribution is 2.32. The van der Waals surface area contributed by atoms with Gasteiger partial charge in [0.15, 0.2) is 0 Å². The Labute approximate surface area is 107 Å². The first kappa shape index (κ1) is 13.1. The third-order valence-corrected chi connectivity index (χ3v) is 3.31. The van der Waals surface area contributed by atoms with Gasteiger partial charge in [0.2, 0.25) is 0 Å². The second kappa shape index (κ2) is 5.11. The highest BCUT2D eigenvalue weighted by atomic mass is 19.1. The second-order valence-electron chi connectivity index (χ2n) is 5.20. The predicted octanol–water partition coefficient (Wildman–Crippen LogP) is 4.19. The van der Waals surface area contributed by atoms with Gasteiger partial charge in [-0.25, -0.2) is 4.39 Å². The molecule has 1 N–H and O–H groups in total. The molecule has 0 saturated carbocycles. The van der Waals surface area contributed by atoms with E-state index < -0.39 is 0 Å². The topological polar surface area (TPSA) is 25.2 Å². The highest BCUT2D eigenvalue weighted by Gasteiger charge is 2.20. The molecule has 0 aliphatic rings. The Morgan fingerprint density at radius 2 is 2.06 bits per heavy atom. The molecule has 3 heteroatoms. The summed E-state index contributed by atoms with van der Waals surface area (Å²) in [7, 11) is 1.93. The van der Waals surface area contributed by atoms with E-state index in [9.17, 15) is 4.39 Å². The zero-order valence-electron chi connectivity index (χ0n) is 11.4. The minimum atomic E-state index is -0.220. The van der Waals surface area contributed by atoms with E-state index in [1.807, 2.05) is 14.0 Å². The van der Waals surface area contributed by atoms with E-state index in [1.165, 1.54) is 6.07 Å². The van der Waals surface area contributed by atoms with E-state index in [-0.39, 0.29) is 11.9 Å². The van der Waals surface area contributed by atoms with Crippen LogP contribution in [0.2, 0.25) is 0 Å². The molecule has 2 rings (SSSR count). The van der Waals surface area contributed by atoms with Crippen LogP contribution in [0.4, 0.5) is 4.39 Å². The Morgan fingerprint density at radius 3 is 2.67 bits per heavy atom. The minimum absolute atomic E-state index is 0.181. The molecule has 0 saturated heterocycles. The summed E-state index contributed by atoms with van der Waals surface area (Å²) in [5, 5.41) is 4.15. The first-order chi connectivity index (χ1) is 8.52. The lowest BCUT2D eigenvalue weighted by molar-refractivity contribution is 0.387. The standard InChI is InChI=1S/C15H20FNO/c1-9(2)7-13(17-4)15-10(3)12-8-11(16)5-6-14(12)18-15/h5-6,8-9,13,17H,7H2,1-4H3. The van der Waals surface area contributed by atoms with Crippen molar-refractivity contribution in [3.63, 3.8) is 0 Å². The van der Waals surface area contributed by atoms with Crippen molar-refractivity contribution in [2.75, 3.05) is 7.05 Å². The van der Waals surface area contributed by atoms with Crippen molar-refractivity contribution in [2.45, 2.75) is 33.2 Å². The molecule has 1 atom stereocenters. The number of hydrogen-bond donors (Lipinski definition) is 1. The van der Waals surface area contributed by atoms with Crippen LogP contribution in [0, 0.1) is 18.7 Å². The molecule has 2 nitrogen and oxygen atoms in total. The largest absolute Gasteiger partial charge is 0.459 e. The molecule has 1 heterocycles. The molecule has 18 heavy (non-hydrogen) atoms. The van der Waals surface area contributed by atoms with Gasteiger partial charge in [0, 0.05) is 10.9 Å². The van der Waals surface area contributed by atoms with Gasteiger partial charge in [-0.05, 0) is 44.5 Å². The van der Waals surface area contributed by atoms with Gasteiger partial charge in [0.1, 0.15) is 17.2 Å². The Kier molecular flexibility index (Phi) is 3.71. The number of halogens is 1. The summed E-state index contributed by atoms with van der Waals surface area (Å²) in [5.41, 5.74) is 1.79. The van der Waals surface area contributed by atoms with Gasteiger partial charge in [-0.15, -0.1) is 0 Å². The van der Waals surface area contributed by atoms with Crippen molar-refractivity contribution in [2.24, 2.45) is 5.92 Å². The number of hydrogen-bond acceptors (Lipinski definition) is 2. The maximum Gasteiger partial charge on any atom is 0.134 e. The number of furan rings is 1. The van der Waals surface area contributed by atoms with Gasteiger partial charge in [-0.3, -0.25) is 0 Å². The van der Waals surface area contributed by atoms with Crippen LogP contribution in [0.25, 0.3) is 11.0 Å². The fourth-order valence-corrected chi connectivity index (χ4v) is 2.37. The average Bonchev–Trinajstić information content (AvgIpc) is 2.64. The number of fused-ring (bicyclic) bond motifs is 1. The number of aryl methyl sites for hydroxylation is 1. The summed E-state index contributed by atoms with van der Waals surface area (Å²) >= 11 is 0. The van der Waals surface area contributed by atoms with Crippen molar-refractivity contribution in [3.05, 3.63) is 35.3 Å². The lowest BCUT2D eigenvalue weighted by atomic mass is 9.99. The molecule has 1 aromatic heterocycles. The molecule has 0 fully saturated rings. The van der Waals surface area contributed by atoms with Crippen molar-refractivity contribution >= 4 is 11.0 Å². The molecule has 1 aromatic carbocycles. The molecular weight excluding hydrogens is 229 g/mol. The summed E-state index contributed by atoms with van der Waals surface area (Å²) in [6.45, 7) is 6.36. The number of nitrogens with one attached hydrogen (secondary N) is 1. The number of rotatable bonds is 4. The molecule has 0 bridgehead atoms. The van der Waals surface area contributed by atoms with Gasteiger partial charge in [-0.1, -0.05) is 13.8 Å². The predicted molar refractivity (Wildman–Crippen MR) is 72.2 cm³/mol. The maximum atomic E-state index is 13.3. The van der Waals surface area contributed by atoms with Gasteiger partial charge in [0.25, 0.3) is 0 Å². The smallest absolute Gasteiger partial charge is 0.134 e. The SMILES string of the molecule is CNC(CC(C)C)c1oc2ccc(F)cc2c1C. The Bertz CT molecular complexity index is 545. The molecule has 0 amide bonds. The molecular formula is C15H20FNO. The third-order valence-electron chi connectivity index (χ3n) is 3.31. The Morgan fingerprint density at radius 1 is 1.33 bits per heavy atom. The molecule has 0 radical (unpaired) electrons. The van der Waals surface area contributed by atoms with Crippen LogP contribution in [0.5, 0.6) is 0 Å². The molecule has 0 spiro atoms. The fraction of sp³-hybridized carbons (Fsp3) is 0.467. The quantitative estimate of drug-likeness (QED) is 0.879. The van der Waals surface area contributed by atoms with E-state index in [0.717, 1.165) is 28.7 Å². The normalized spacial score (nSPS) is 13.4. The van der Waals surface area contributed by atoms with Gasteiger partial charge in [-0.2, -0.15) is 0 Å². The monoisotopic (exact) mass is 249 g/mol. The van der Waals surface area contributed by atoms with Gasteiger partial charge >= 0.3 is 0 Å². The molecule has 2 aromatic rings. The Hall–Kier alpha value is -1.35. The zero-order valence-corrected chi connectivity index (χ0v) is 11.4. The Balaban J connectivity index is 2.47. The van der Waals surface area contributed by atoms with Crippen LogP contribution in [-0.2, 0) is 0 Å². The van der Waals surface area contributed by atoms with E-state index in [4.69, 9.17) is 4.42 Å². The summed E-state index contributed by atoms with van der Waals surface area (Å²) < 4.78 is 19.1. The van der Waals surface area contributed by atoms with Crippen LogP contribution in [-0.4, -0.2) is 7.05 Å². The molecule has 1 unspecified atom stereocenters. The van der Waals surface area contributed by atoms with E-state index in [2.05, 4.69) is 19.2 Å². The summed E-state index contributed by atoms with van der Waals surface area (Å²) in [6, 6.07) is 4.86. The van der Waals surface area contributed by atoms with Gasteiger partial charge < -0.3 is 9.73 Å². The molecule has 0 aliphatic carbocycles. The summed E-state index contributed by atoms with van der Waals surface area (Å²) in [4.78, 5) is 0. The van der Waals surface area contributed by atoms with Crippen LogP contribution in [0.15, 0.2) is 22.6 Å².